The van der Waals surface area contributed by atoms with Crippen molar-refractivity contribution in [2.24, 2.45) is 0 Å². The molecule has 4 heteroatoms. The second-order valence-electron chi connectivity index (χ2n) is 1.19. The number of hydrogen-bond acceptors (Lipinski definition) is 3. The predicted octanol–water partition coefficient (Wildman–Crippen LogP) is 1.08. The standard InChI is InChI=1S/C5H7IO3/c1-8-3-4(6)5(7)9-2/h3H,1-2H3/b4-3+. The van der Waals surface area contributed by atoms with Gasteiger partial charge >= 0.3 is 5.97 Å². The first-order chi connectivity index (χ1) is 4.22. The highest BCUT2D eigenvalue weighted by Gasteiger charge is 2.03. The largest absolute Gasteiger partial charge is 0.503 e. The van der Waals surface area contributed by atoms with E-state index < -0.39 is 0 Å². The minimum Gasteiger partial charge on any atom is -0.503 e. The quantitative estimate of drug-likeness (QED) is 0.314. The number of methoxy groups -OCH3 is 2. The first-order valence-electron chi connectivity index (χ1n) is 2.19. The van der Waals surface area contributed by atoms with Gasteiger partial charge in [-0.2, -0.15) is 0 Å². The second kappa shape index (κ2) is 4.60. The average Bonchev–Trinajstić information content (AvgIpc) is 1.87. The van der Waals surface area contributed by atoms with Gasteiger partial charge in [-0.25, -0.2) is 4.79 Å². The molecule has 0 rings (SSSR count). The maximum absolute atomic E-state index is 10.5. The highest BCUT2D eigenvalue weighted by Crippen LogP contribution is 2.06. The number of rotatable bonds is 2. The Kier molecular flexibility index (Phi) is 4.47. The molecule has 0 aliphatic carbocycles. The summed E-state index contributed by atoms with van der Waals surface area (Å²) in [7, 11) is 2.80. The lowest BCUT2D eigenvalue weighted by Gasteiger charge is -1.94. The van der Waals surface area contributed by atoms with Crippen molar-refractivity contribution in [3.8, 4) is 0 Å². The van der Waals surface area contributed by atoms with E-state index in [2.05, 4.69) is 9.47 Å². The summed E-state index contributed by atoms with van der Waals surface area (Å²) in [5.74, 6) is -0.377. The minimum absolute atomic E-state index is 0.377. The molecule has 3 nitrogen and oxygen atoms in total. The van der Waals surface area contributed by atoms with Crippen molar-refractivity contribution in [3.63, 3.8) is 0 Å². The fourth-order valence-electron chi connectivity index (χ4n) is 0.249. The van der Waals surface area contributed by atoms with Crippen molar-refractivity contribution >= 4 is 28.6 Å². The monoisotopic (exact) mass is 242 g/mol. The van der Waals surface area contributed by atoms with Gasteiger partial charge in [0.1, 0.15) is 9.84 Å². The molecule has 0 spiro atoms. The van der Waals surface area contributed by atoms with Crippen LogP contribution < -0.4 is 0 Å². The minimum atomic E-state index is -0.377. The molecule has 0 fully saturated rings. The third-order valence-corrected chi connectivity index (χ3v) is 1.30. The number of hydrogen-bond donors (Lipinski definition) is 0. The summed E-state index contributed by atoms with van der Waals surface area (Å²) in [6.45, 7) is 0. The van der Waals surface area contributed by atoms with Crippen LogP contribution in [-0.4, -0.2) is 20.2 Å². The molecular weight excluding hydrogens is 235 g/mol. The van der Waals surface area contributed by atoms with Gasteiger partial charge in [-0.3, -0.25) is 0 Å². The summed E-state index contributed by atoms with van der Waals surface area (Å²) in [5, 5.41) is 0. The first-order valence-corrected chi connectivity index (χ1v) is 3.27. The molecule has 0 radical (unpaired) electrons. The maximum Gasteiger partial charge on any atom is 0.347 e. The van der Waals surface area contributed by atoms with E-state index in [-0.39, 0.29) is 5.97 Å². The Morgan fingerprint density at radius 1 is 1.56 bits per heavy atom. The Bertz CT molecular complexity index is 130. The summed E-state index contributed by atoms with van der Waals surface area (Å²) < 4.78 is 9.35. The topological polar surface area (TPSA) is 35.5 Å². The molecule has 0 bridgehead atoms. The average molecular weight is 242 g/mol. The van der Waals surface area contributed by atoms with Crippen LogP contribution in [0.2, 0.25) is 0 Å². The summed E-state index contributed by atoms with van der Waals surface area (Å²) in [5.41, 5.74) is 0. The SMILES string of the molecule is CO/C=C(/I)C(=O)OC. The van der Waals surface area contributed by atoms with Crippen molar-refractivity contribution in [3.05, 3.63) is 9.84 Å². The number of esters is 1. The van der Waals surface area contributed by atoms with E-state index in [9.17, 15) is 4.79 Å². The smallest absolute Gasteiger partial charge is 0.347 e. The van der Waals surface area contributed by atoms with E-state index in [4.69, 9.17) is 0 Å². The van der Waals surface area contributed by atoms with Gasteiger partial charge in [0, 0.05) is 0 Å². The normalized spacial score (nSPS) is 10.8. The van der Waals surface area contributed by atoms with Crippen molar-refractivity contribution < 1.29 is 14.3 Å². The van der Waals surface area contributed by atoms with Gasteiger partial charge in [-0.15, -0.1) is 0 Å². The second-order valence-corrected chi connectivity index (χ2v) is 2.36. The highest BCUT2D eigenvalue weighted by atomic mass is 127. The van der Waals surface area contributed by atoms with Gasteiger partial charge in [-0.05, 0) is 22.6 Å². The van der Waals surface area contributed by atoms with Crippen LogP contribution in [0.4, 0.5) is 0 Å². The predicted molar refractivity (Wildman–Crippen MR) is 41.1 cm³/mol. The molecule has 0 aliphatic heterocycles. The van der Waals surface area contributed by atoms with E-state index in [1.807, 2.05) is 22.6 Å². The Morgan fingerprint density at radius 2 is 2.11 bits per heavy atom. The van der Waals surface area contributed by atoms with Gasteiger partial charge in [0.05, 0.1) is 14.2 Å². The zero-order valence-electron chi connectivity index (χ0n) is 5.18. The van der Waals surface area contributed by atoms with Crippen LogP contribution in [0.1, 0.15) is 0 Å². The number of carbonyl (C=O) groups is 1. The van der Waals surface area contributed by atoms with Gasteiger partial charge in [0.2, 0.25) is 0 Å². The first kappa shape index (κ1) is 8.74. The van der Waals surface area contributed by atoms with E-state index in [1.165, 1.54) is 20.5 Å². The molecule has 9 heavy (non-hydrogen) atoms. The van der Waals surface area contributed by atoms with Crippen molar-refractivity contribution in [1.82, 2.24) is 0 Å². The van der Waals surface area contributed by atoms with Crippen LogP contribution in [0.15, 0.2) is 9.84 Å². The van der Waals surface area contributed by atoms with Crippen LogP contribution >= 0.6 is 22.6 Å². The molecule has 52 valence electrons. The van der Waals surface area contributed by atoms with Crippen LogP contribution in [0, 0.1) is 0 Å². The maximum atomic E-state index is 10.5. The van der Waals surface area contributed by atoms with E-state index in [0.29, 0.717) is 3.58 Å². The van der Waals surface area contributed by atoms with E-state index in [1.54, 1.807) is 0 Å². The van der Waals surface area contributed by atoms with E-state index >= 15 is 0 Å². The Hall–Kier alpha value is -0.260. The Morgan fingerprint density at radius 3 is 2.44 bits per heavy atom. The fraction of sp³-hybridized carbons (Fsp3) is 0.400. The highest BCUT2D eigenvalue weighted by molar-refractivity contribution is 14.1. The van der Waals surface area contributed by atoms with Crippen molar-refractivity contribution in [2.45, 2.75) is 0 Å². The van der Waals surface area contributed by atoms with Crippen LogP contribution in [0.5, 0.6) is 0 Å². The molecule has 0 aromatic carbocycles. The van der Waals surface area contributed by atoms with Gasteiger partial charge < -0.3 is 9.47 Å². The molecule has 0 aliphatic rings. The van der Waals surface area contributed by atoms with Gasteiger partial charge in [-0.1, -0.05) is 0 Å². The molecule has 0 atom stereocenters. The number of ether oxygens (including phenoxy) is 2. The van der Waals surface area contributed by atoms with Gasteiger partial charge in [0.25, 0.3) is 0 Å². The molecule has 0 saturated heterocycles. The van der Waals surface area contributed by atoms with Crippen LogP contribution in [0.3, 0.4) is 0 Å². The summed E-state index contributed by atoms with van der Waals surface area (Å²) in [4.78, 5) is 10.5. The van der Waals surface area contributed by atoms with Crippen LogP contribution in [0.25, 0.3) is 0 Å². The third-order valence-electron chi connectivity index (χ3n) is 0.602. The molecule has 0 N–H and O–H groups in total. The number of halogens is 1. The fourth-order valence-corrected chi connectivity index (χ4v) is 0.724. The molecule has 0 aromatic rings. The van der Waals surface area contributed by atoms with E-state index in [0.717, 1.165) is 0 Å². The van der Waals surface area contributed by atoms with Gasteiger partial charge in [0.15, 0.2) is 0 Å². The third kappa shape index (κ3) is 3.34. The summed E-state index contributed by atoms with van der Waals surface area (Å²) in [6.07, 6.45) is 1.33. The van der Waals surface area contributed by atoms with Crippen molar-refractivity contribution in [2.75, 3.05) is 14.2 Å². The lowest BCUT2D eigenvalue weighted by molar-refractivity contribution is -0.135. The molecular formula is C5H7IO3. The van der Waals surface area contributed by atoms with Crippen LogP contribution in [-0.2, 0) is 14.3 Å². The molecule has 0 aromatic heterocycles. The Balaban J connectivity index is 3.86. The Labute approximate surface area is 67.2 Å². The summed E-state index contributed by atoms with van der Waals surface area (Å²) >= 11 is 1.83. The summed E-state index contributed by atoms with van der Waals surface area (Å²) in [6, 6.07) is 0. The zero-order chi connectivity index (χ0) is 7.28. The lowest BCUT2D eigenvalue weighted by atomic mass is 10.6. The zero-order valence-corrected chi connectivity index (χ0v) is 7.34. The number of carbonyl (C=O) groups excluding carboxylic acids is 1. The lowest BCUT2D eigenvalue weighted by Crippen LogP contribution is -1.98. The molecule has 0 saturated carbocycles. The molecule has 0 amide bonds. The van der Waals surface area contributed by atoms with Crippen molar-refractivity contribution in [1.29, 1.82) is 0 Å². The molecule has 0 heterocycles. The molecule has 0 unspecified atom stereocenters.